The Labute approximate surface area is 188 Å². The Bertz CT molecular complexity index is 1140. The summed E-state index contributed by atoms with van der Waals surface area (Å²) in [5, 5.41) is 0.859. The molecule has 2 heterocycles. The molecular formula is C26H29N3O3. The maximum Gasteiger partial charge on any atom is 0.254 e. The highest BCUT2D eigenvalue weighted by Gasteiger charge is 2.29. The first kappa shape index (κ1) is 21.8. The highest BCUT2D eigenvalue weighted by molar-refractivity contribution is 6.06. The smallest absolute Gasteiger partial charge is 0.254 e. The van der Waals surface area contributed by atoms with E-state index in [1.807, 2.05) is 59.5 Å². The second-order valence-electron chi connectivity index (χ2n) is 8.45. The molecule has 166 valence electrons. The van der Waals surface area contributed by atoms with Crippen molar-refractivity contribution in [2.24, 2.45) is 0 Å². The Kier molecular flexibility index (Phi) is 6.40. The van der Waals surface area contributed by atoms with Crippen LogP contribution in [0.1, 0.15) is 40.4 Å². The Hall–Kier alpha value is -3.41. The molecule has 3 aromatic rings. The number of aryl methyl sites for hydroxylation is 1. The highest BCUT2D eigenvalue weighted by atomic mass is 16.5. The Morgan fingerprint density at radius 2 is 1.88 bits per heavy atom. The molecule has 0 spiro atoms. The molecule has 0 bridgehead atoms. The van der Waals surface area contributed by atoms with Gasteiger partial charge in [0.05, 0.1) is 18.2 Å². The first-order chi connectivity index (χ1) is 15.5. The summed E-state index contributed by atoms with van der Waals surface area (Å²) in [6.45, 7) is 1.34. The minimum atomic E-state index is -0.0346. The molecule has 6 nitrogen and oxygen atoms in total. The molecule has 1 aromatic heterocycles. The van der Waals surface area contributed by atoms with E-state index in [4.69, 9.17) is 9.72 Å². The maximum absolute atomic E-state index is 12.9. The molecule has 0 radical (unpaired) electrons. The van der Waals surface area contributed by atoms with Crippen molar-refractivity contribution in [3.63, 3.8) is 0 Å². The SMILES string of the molecule is COc1ccccc1CCC(=O)N1CC[C@@H](c2cc(C(=O)N(C)C)c3ccccc3n2)C1. The minimum absolute atomic E-state index is 0.0346. The highest BCUT2D eigenvalue weighted by Crippen LogP contribution is 2.30. The second-order valence-corrected chi connectivity index (χ2v) is 8.45. The number of carbonyl (C=O) groups excluding carboxylic acids is 2. The fraction of sp³-hybridized carbons (Fsp3) is 0.346. The van der Waals surface area contributed by atoms with Crippen LogP contribution in [0.5, 0.6) is 5.75 Å². The quantitative estimate of drug-likeness (QED) is 0.594. The zero-order valence-corrected chi connectivity index (χ0v) is 18.9. The number of fused-ring (bicyclic) bond motifs is 1. The lowest BCUT2D eigenvalue weighted by Crippen LogP contribution is -2.28. The molecule has 6 heteroatoms. The van der Waals surface area contributed by atoms with Gasteiger partial charge in [0, 0.05) is 50.6 Å². The van der Waals surface area contributed by atoms with E-state index in [2.05, 4.69) is 0 Å². The van der Waals surface area contributed by atoms with Crippen molar-refractivity contribution in [1.82, 2.24) is 14.8 Å². The first-order valence-electron chi connectivity index (χ1n) is 11.0. The molecule has 1 aliphatic rings. The summed E-state index contributed by atoms with van der Waals surface area (Å²) in [7, 11) is 5.17. The number of nitrogens with zero attached hydrogens (tertiary/aromatic N) is 3. The van der Waals surface area contributed by atoms with Crippen molar-refractivity contribution in [3.05, 3.63) is 71.4 Å². The molecule has 1 saturated heterocycles. The minimum Gasteiger partial charge on any atom is -0.496 e. The summed E-state index contributed by atoms with van der Waals surface area (Å²) in [5.41, 5.74) is 3.41. The van der Waals surface area contributed by atoms with E-state index in [0.29, 0.717) is 31.5 Å². The van der Waals surface area contributed by atoms with Gasteiger partial charge in [-0.05, 0) is 36.6 Å². The number of hydrogen-bond donors (Lipinski definition) is 0. The third-order valence-corrected chi connectivity index (χ3v) is 6.13. The van der Waals surface area contributed by atoms with Crippen LogP contribution in [0.25, 0.3) is 10.9 Å². The van der Waals surface area contributed by atoms with Crippen LogP contribution in [0.15, 0.2) is 54.6 Å². The number of amides is 2. The largest absolute Gasteiger partial charge is 0.496 e. The molecular weight excluding hydrogens is 402 g/mol. The number of pyridine rings is 1. The average molecular weight is 432 g/mol. The molecule has 2 aromatic carbocycles. The van der Waals surface area contributed by atoms with Crippen LogP contribution in [0.4, 0.5) is 0 Å². The van der Waals surface area contributed by atoms with Gasteiger partial charge in [-0.2, -0.15) is 0 Å². The molecule has 0 N–H and O–H groups in total. The van der Waals surface area contributed by atoms with Gasteiger partial charge < -0.3 is 14.5 Å². The van der Waals surface area contributed by atoms with E-state index in [0.717, 1.165) is 34.3 Å². The monoisotopic (exact) mass is 431 g/mol. The van der Waals surface area contributed by atoms with Crippen LogP contribution in [0, 0.1) is 0 Å². The van der Waals surface area contributed by atoms with Gasteiger partial charge in [0.25, 0.3) is 5.91 Å². The summed E-state index contributed by atoms with van der Waals surface area (Å²) >= 11 is 0. The normalized spacial score (nSPS) is 15.7. The number of para-hydroxylation sites is 2. The van der Waals surface area contributed by atoms with Crippen LogP contribution >= 0.6 is 0 Å². The molecule has 1 fully saturated rings. The Balaban J connectivity index is 1.49. The van der Waals surface area contributed by atoms with Gasteiger partial charge in [-0.3, -0.25) is 14.6 Å². The van der Waals surface area contributed by atoms with E-state index < -0.39 is 0 Å². The van der Waals surface area contributed by atoms with Gasteiger partial charge >= 0.3 is 0 Å². The topological polar surface area (TPSA) is 62.7 Å². The van der Waals surface area contributed by atoms with Crippen molar-refractivity contribution in [2.75, 3.05) is 34.3 Å². The summed E-state index contributed by atoms with van der Waals surface area (Å²) in [4.78, 5) is 34.0. The molecule has 4 rings (SSSR count). The summed E-state index contributed by atoms with van der Waals surface area (Å²) in [6, 6.07) is 17.5. The number of aromatic nitrogens is 1. The van der Waals surface area contributed by atoms with Gasteiger partial charge in [0.1, 0.15) is 5.75 Å². The van der Waals surface area contributed by atoms with Crippen LogP contribution in [0.3, 0.4) is 0 Å². The number of rotatable bonds is 6. The molecule has 32 heavy (non-hydrogen) atoms. The van der Waals surface area contributed by atoms with E-state index in [9.17, 15) is 9.59 Å². The van der Waals surface area contributed by atoms with Gasteiger partial charge in [-0.15, -0.1) is 0 Å². The Morgan fingerprint density at radius 1 is 1.12 bits per heavy atom. The van der Waals surface area contributed by atoms with E-state index in [-0.39, 0.29) is 17.7 Å². The number of benzene rings is 2. The van der Waals surface area contributed by atoms with Crippen LogP contribution in [-0.4, -0.2) is 60.9 Å². The van der Waals surface area contributed by atoms with Gasteiger partial charge in [-0.25, -0.2) is 0 Å². The number of methoxy groups -OCH3 is 1. The van der Waals surface area contributed by atoms with Crippen LogP contribution < -0.4 is 4.74 Å². The molecule has 0 unspecified atom stereocenters. The predicted octanol–water partition coefficient (Wildman–Crippen LogP) is 3.89. The van der Waals surface area contributed by atoms with Gasteiger partial charge in [-0.1, -0.05) is 36.4 Å². The molecule has 1 aliphatic heterocycles. The summed E-state index contributed by atoms with van der Waals surface area (Å²) < 4.78 is 5.40. The molecule has 0 saturated carbocycles. The fourth-order valence-electron chi connectivity index (χ4n) is 4.36. The van der Waals surface area contributed by atoms with E-state index in [1.165, 1.54) is 0 Å². The predicted molar refractivity (Wildman–Crippen MR) is 125 cm³/mol. The third-order valence-electron chi connectivity index (χ3n) is 6.13. The standard InChI is InChI=1S/C26H29N3O3/c1-28(2)26(31)21-16-23(27-22-10-6-5-9-20(21)22)19-14-15-29(17-19)25(30)13-12-18-8-4-7-11-24(18)32-3/h4-11,16,19H,12-15,17H2,1-3H3/t19-/m1/s1. The lowest BCUT2D eigenvalue weighted by molar-refractivity contribution is -0.130. The van der Waals surface area contributed by atoms with E-state index in [1.54, 1.807) is 26.1 Å². The van der Waals surface area contributed by atoms with Crippen molar-refractivity contribution in [2.45, 2.75) is 25.2 Å². The second kappa shape index (κ2) is 9.39. The lowest BCUT2D eigenvalue weighted by atomic mass is 9.99. The molecule has 0 aliphatic carbocycles. The van der Waals surface area contributed by atoms with Crippen molar-refractivity contribution < 1.29 is 14.3 Å². The maximum atomic E-state index is 12.9. The number of likely N-dealkylation sites (tertiary alicyclic amines) is 1. The molecule has 2 amide bonds. The average Bonchev–Trinajstić information content (AvgIpc) is 3.32. The number of ether oxygens (including phenoxy) is 1. The lowest BCUT2D eigenvalue weighted by Gasteiger charge is -2.18. The summed E-state index contributed by atoms with van der Waals surface area (Å²) in [6.07, 6.45) is 1.95. The van der Waals surface area contributed by atoms with Crippen LogP contribution in [-0.2, 0) is 11.2 Å². The number of hydrogen-bond acceptors (Lipinski definition) is 4. The van der Waals surface area contributed by atoms with Gasteiger partial charge in [0.15, 0.2) is 0 Å². The fourth-order valence-corrected chi connectivity index (χ4v) is 4.36. The summed E-state index contributed by atoms with van der Waals surface area (Å²) in [5.74, 6) is 1.05. The number of carbonyl (C=O) groups is 2. The van der Waals surface area contributed by atoms with Gasteiger partial charge in [0.2, 0.25) is 5.91 Å². The third kappa shape index (κ3) is 4.44. The molecule has 1 atom stereocenters. The van der Waals surface area contributed by atoms with E-state index >= 15 is 0 Å². The first-order valence-corrected chi connectivity index (χ1v) is 11.0. The van der Waals surface area contributed by atoms with Crippen molar-refractivity contribution in [3.8, 4) is 5.75 Å². The zero-order chi connectivity index (χ0) is 22.7. The zero-order valence-electron chi connectivity index (χ0n) is 18.9. The van der Waals surface area contributed by atoms with Crippen molar-refractivity contribution in [1.29, 1.82) is 0 Å². The van der Waals surface area contributed by atoms with Crippen molar-refractivity contribution >= 4 is 22.7 Å². The Morgan fingerprint density at radius 3 is 2.66 bits per heavy atom. The van der Waals surface area contributed by atoms with Crippen LogP contribution in [0.2, 0.25) is 0 Å².